The molecule has 0 aromatic heterocycles. The van der Waals surface area contributed by atoms with Gasteiger partial charge in [-0.05, 0) is 42.7 Å². The molecule has 6 rings (SSSR count). The third-order valence-corrected chi connectivity index (χ3v) is 9.02. The lowest BCUT2D eigenvalue weighted by atomic mass is 9.75. The summed E-state index contributed by atoms with van der Waals surface area (Å²) in [6.07, 6.45) is 4.62. The van der Waals surface area contributed by atoms with Crippen molar-refractivity contribution in [3.05, 3.63) is 58.7 Å². The third kappa shape index (κ3) is 5.70. The summed E-state index contributed by atoms with van der Waals surface area (Å²) in [4.78, 5) is 37.3. The minimum absolute atomic E-state index is 0.00145. The molecule has 3 heterocycles. The van der Waals surface area contributed by atoms with Crippen LogP contribution < -0.4 is 9.47 Å². The number of fused-ring (bicyclic) bond motifs is 3. The Hall–Kier alpha value is -3.43. The Labute approximate surface area is 242 Å². The van der Waals surface area contributed by atoms with Crippen molar-refractivity contribution in [3.8, 4) is 11.5 Å². The number of rotatable bonds is 6. The van der Waals surface area contributed by atoms with Gasteiger partial charge >= 0.3 is 0 Å². The number of piperazine rings is 1. The largest absolute Gasteiger partial charge is 0.493 e. The van der Waals surface area contributed by atoms with Gasteiger partial charge in [0, 0.05) is 61.9 Å². The highest BCUT2D eigenvalue weighted by Crippen LogP contribution is 2.44. The summed E-state index contributed by atoms with van der Waals surface area (Å²) in [5, 5.41) is 0. The molecule has 9 nitrogen and oxygen atoms in total. The van der Waals surface area contributed by atoms with Crippen LogP contribution in [0.4, 0.5) is 0 Å². The number of morpholine rings is 1. The number of benzene rings is 2. The van der Waals surface area contributed by atoms with Crippen LogP contribution in [0.5, 0.6) is 11.5 Å². The minimum atomic E-state index is 0.00145. The van der Waals surface area contributed by atoms with E-state index in [1.54, 1.807) is 14.2 Å². The van der Waals surface area contributed by atoms with Crippen LogP contribution in [0.2, 0.25) is 0 Å². The third-order valence-electron chi connectivity index (χ3n) is 9.02. The van der Waals surface area contributed by atoms with Crippen LogP contribution in [0.3, 0.4) is 0 Å². The molecule has 2 aromatic rings. The SMILES string of the molecule is COc1cc2c(cc1OC)[C@H]1CCCC[C@H]1N=C2c1ccc(C(=O)N2CCN(C(=O)CN3CCOCC3)CC2)cc1. The number of nitrogens with zero attached hydrogens (tertiary/aromatic N) is 4. The van der Waals surface area contributed by atoms with Crippen LogP contribution in [0.15, 0.2) is 41.4 Å². The molecule has 2 atom stereocenters. The second kappa shape index (κ2) is 12.2. The molecule has 1 saturated carbocycles. The predicted octanol–water partition coefficient (Wildman–Crippen LogP) is 3.20. The normalized spacial score (nSPS) is 22.8. The van der Waals surface area contributed by atoms with Gasteiger partial charge in [0.25, 0.3) is 5.91 Å². The quantitative estimate of drug-likeness (QED) is 0.540. The van der Waals surface area contributed by atoms with Gasteiger partial charge < -0.3 is 24.0 Å². The maximum absolute atomic E-state index is 13.4. The first-order valence-electron chi connectivity index (χ1n) is 14.9. The zero-order valence-electron chi connectivity index (χ0n) is 24.1. The van der Waals surface area contributed by atoms with Gasteiger partial charge in [-0.15, -0.1) is 0 Å². The number of carbonyl (C=O) groups excluding carboxylic acids is 2. The van der Waals surface area contributed by atoms with Gasteiger partial charge in [0.15, 0.2) is 11.5 Å². The van der Waals surface area contributed by atoms with Gasteiger partial charge in [0.2, 0.25) is 5.91 Å². The first kappa shape index (κ1) is 27.7. The second-order valence-electron chi connectivity index (χ2n) is 11.4. The molecule has 218 valence electrons. The lowest BCUT2D eigenvalue weighted by Gasteiger charge is -2.36. The monoisotopic (exact) mass is 560 g/mol. The van der Waals surface area contributed by atoms with E-state index in [0.717, 1.165) is 48.5 Å². The van der Waals surface area contributed by atoms with E-state index in [-0.39, 0.29) is 17.9 Å². The lowest BCUT2D eigenvalue weighted by molar-refractivity contribution is -0.134. The van der Waals surface area contributed by atoms with E-state index in [1.807, 2.05) is 34.1 Å². The summed E-state index contributed by atoms with van der Waals surface area (Å²) in [6, 6.07) is 12.3. The molecule has 2 amide bonds. The Morgan fingerprint density at radius 2 is 1.54 bits per heavy atom. The van der Waals surface area contributed by atoms with Gasteiger partial charge in [-0.25, -0.2) is 0 Å². The van der Waals surface area contributed by atoms with E-state index in [2.05, 4.69) is 17.0 Å². The number of hydrogen-bond donors (Lipinski definition) is 0. The average Bonchev–Trinajstić information content (AvgIpc) is 3.04. The fourth-order valence-electron chi connectivity index (χ4n) is 6.66. The number of methoxy groups -OCH3 is 2. The van der Waals surface area contributed by atoms with Crippen molar-refractivity contribution in [3.63, 3.8) is 0 Å². The van der Waals surface area contributed by atoms with Gasteiger partial charge in [0.05, 0.1) is 45.7 Å². The van der Waals surface area contributed by atoms with E-state index in [0.29, 0.717) is 63.2 Å². The predicted molar refractivity (Wildman–Crippen MR) is 156 cm³/mol. The van der Waals surface area contributed by atoms with E-state index < -0.39 is 0 Å². The van der Waals surface area contributed by atoms with Crippen LogP contribution in [0.1, 0.15) is 58.6 Å². The van der Waals surface area contributed by atoms with Gasteiger partial charge in [0.1, 0.15) is 0 Å². The Morgan fingerprint density at radius 1 is 0.878 bits per heavy atom. The highest BCUT2D eigenvalue weighted by atomic mass is 16.5. The molecule has 0 spiro atoms. The Balaban J connectivity index is 1.15. The van der Waals surface area contributed by atoms with Crippen molar-refractivity contribution in [2.75, 3.05) is 73.2 Å². The summed E-state index contributed by atoms with van der Waals surface area (Å²) in [7, 11) is 3.34. The molecule has 4 aliphatic rings. The molecular formula is C32H40N4O5. The molecule has 1 aliphatic carbocycles. The molecule has 0 bridgehead atoms. The Bertz CT molecular complexity index is 1300. The maximum Gasteiger partial charge on any atom is 0.253 e. The molecule has 2 saturated heterocycles. The Morgan fingerprint density at radius 3 is 2.24 bits per heavy atom. The van der Waals surface area contributed by atoms with Gasteiger partial charge in [-0.3, -0.25) is 19.5 Å². The average molecular weight is 561 g/mol. The number of aliphatic imine (C=N–C) groups is 1. The molecule has 3 fully saturated rings. The van der Waals surface area contributed by atoms with Crippen LogP contribution in [-0.2, 0) is 9.53 Å². The highest BCUT2D eigenvalue weighted by Gasteiger charge is 2.35. The molecular weight excluding hydrogens is 520 g/mol. The maximum atomic E-state index is 13.4. The van der Waals surface area contributed by atoms with Crippen molar-refractivity contribution in [2.24, 2.45) is 4.99 Å². The van der Waals surface area contributed by atoms with E-state index >= 15 is 0 Å². The van der Waals surface area contributed by atoms with E-state index in [9.17, 15) is 9.59 Å². The summed E-state index contributed by atoms with van der Waals surface area (Å²) in [5.74, 6) is 1.97. The van der Waals surface area contributed by atoms with Crippen molar-refractivity contribution in [2.45, 2.75) is 37.6 Å². The number of amides is 2. The van der Waals surface area contributed by atoms with Crippen molar-refractivity contribution in [1.82, 2.24) is 14.7 Å². The lowest BCUT2D eigenvalue weighted by Crippen LogP contribution is -2.53. The molecule has 41 heavy (non-hydrogen) atoms. The molecule has 2 aromatic carbocycles. The van der Waals surface area contributed by atoms with Crippen molar-refractivity contribution < 1.29 is 23.8 Å². The smallest absolute Gasteiger partial charge is 0.253 e. The van der Waals surface area contributed by atoms with Crippen LogP contribution >= 0.6 is 0 Å². The molecule has 3 aliphatic heterocycles. The first-order valence-corrected chi connectivity index (χ1v) is 14.9. The van der Waals surface area contributed by atoms with Gasteiger partial charge in [-0.2, -0.15) is 0 Å². The topological polar surface area (TPSA) is 83.9 Å². The Kier molecular flexibility index (Phi) is 8.25. The van der Waals surface area contributed by atoms with Crippen LogP contribution in [0.25, 0.3) is 0 Å². The summed E-state index contributed by atoms with van der Waals surface area (Å²) >= 11 is 0. The zero-order chi connectivity index (χ0) is 28.3. The minimum Gasteiger partial charge on any atom is -0.493 e. The fourth-order valence-corrected chi connectivity index (χ4v) is 6.66. The second-order valence-corrected chi connectivity index (χ2v) is 11.4. The fraction of sp³-hybridized carbons (Fsp3) is 0.531. The summed E-state index contributed by atoms with van der Waals surface area (Å²) < 4.78 is 16.7. The molecule has 0 unspecified atom stereocenters. The number of ether oxygens (including phenoxy) is 3. The number of hydrogen-bond acceptors (Lipinski definition) is 7. The van der Waals surface area contributed by atoms with E-state index in [1.165, 1.54) is 18.4 Å². The van der Waals surface area contributed by atoms with E-state index in [4.69, 9.17) is 19.2 Å². The van der Waals surface area contributed by atoms with Crippen molar-refractivity contribution >= 4 is 17.5 Å². The summed E-state index contributed by atoms with van der Waals surface area (Å²) in [5.41, 5.74) is 4.97. The van der Waals surface area contributed by atoms with Crippen LogP contribution in [0, 0.1) is 0 Å². The zero-order valence-corrected chi connectivity index (χ0v) is 24.1. The highest BCUT2D eigenvalue weighted by molar-refractivity contribution is 6.15. The van der Waals surface area contributed by atoms with Crippen LogP contribution in [-0.4, -0.2) is 112 Å². The molecule has 0 N–H and O–H groups in total. The molecule has 9 heteroatoms. The van der Waals surface area contributed by atoms with Crippen molar-refractivity contribution in [1.29, 1.82) is 0 Å². The standard InChI is InChI=1S/C32H40N4O5/c1-39-28-19-25-24-5-3-4-6-27(24)33-31(26(25)20-29(28)40-2)22-7-9-23(10-8-22)32(38)36-13-11-35(12-14-36)30(37)21-34-15-17-41-18-16-34/h7-10,19-20,24,27H,3-6,11-18,21H2,1-2H3/t24-,27-/m1/s1. The summed E-state index contributed by atoms with van der Waals surface area (Å²) in [6.45, 7) is 5.58. The number of carbonyl (C=O) groups is 2. The van der Waals surface area contributed by atoms with Gasteiger partial charge in [-0.1, -0.05) is 25.0 Å². The first-order chi connectivity index (χ1) is 20.1. The molecule has 0 radical (unpaired) electrons.